The van der Waals surface area contributed by atoms with Gasteiger partial charge in [0.05, 0.1) is 19.6 Å². The molecule has 2 heteroatoms. The van der Waals surface area contributed by atoms with Crippen molar-refractivity contribution in [2.24, 2.45) is 0 Å². The topological polar surface area (TPSA) is 6.48 Å². The predicted molar refractivity (Wildman–Crippen MR) is 216 cm³/mol. The number of fused-ring (bicyclic) bond motifs is 2. The minimum atomic E-state index is -0.533. The Kier molecular flexibility index (Phi) is 6.60. The van der Waals surface area contributed by atoms with Gasteiger partial charge in [-0.25, -0.2) is 0 Å². The molecule has 0 bridgehead atoms. The summed E-state index contributed by atoms with van der Waals surface area (Å²) in [7, 11) is 0. The highest BCUT2D eigenvalue weighted by atomic mass is 15.1. The lowest BCUT2D eigenvalue weighted by molar-refractivity contribution is 1.29. The van der Waals surface area contributed by atoms with Crippen molar-refractivity contribution in [1.29, 1.82) is 0 Å². The molecule has 0 aliphatic rings. The Labute approximate surface area is 302 Å². The second-order valence-corrected chi connectivity index (χ2v) is 12.1. The highest BCUT2D eigenvalue weighted by molar-refractivity contribution is 6.00. The SMILES string of the molecule is [2H]C([2H])=C([2H])c1cccc(N(c2ccc(-c3ccc(N(c4cccc(C([2H])=C([2H])[2H])c4)c4cccc5ccccc45)cc3)cc2)c2cccc3ccccc23)c1. The number of benzene rings is 8. The van der Waals surface area contributed by atoms with Gasteiger partial charge in [0.15, 0.2) is 0 Å². The summed E-state index contributed by atoms with van der Waals surface area (Å²) in [6.45, 7) is -1.07. The molecule has 0 saturated heterocycles. The van der Waals surface area contributed by atoms with Crippen LogP contribution in [-0.2, 0) is 0 Å². The van der Waals surface area contributed by atoms with Gasteiger partial charge in [-0.15, -0.1) is 0 Å². The molecule has 0 fully saturated rings. The van der Waals surface area contributed by atoms with Crippen LogP contribution < -0.4 is 9.80 Å². The second kappa shape index (κ2) is 13.5. The number of anilines is 6. The molecule has 0 aromatic heterocycles. The second-order valence-electron chi connectivity index (χ2n) is 12.1. The van der Waals surface area contributed by atoms with Crippen LogP contribution in [-0.4, -0.2) is 0 Å². The average molecular weight is 647 g/mol. The first-order valence-electron chi connectivity index (χ1n) is 19.5. The molecule has 0 atom stereocenters. The molecule has 0 N–H and O–H groups in total. The van der Waals surface area contributed by atoms with Gasteiger partial charge in [0.1, 0.15) is 0 Å². The zero-order chi connectivity index (χ0) is 38.8. The summed E-state index contributed by atoms with van der Waals surface area (Å²) in [6.07, 6.45) is 0. The molecule has 238 valence electrons. The molecule has 0 aliphatic heterocycles. The molecule has 0 amide bonds. The summed E-state index contributed by atoms with van der Waals surface area (Å²) >= 11 is 0. The summed E-state index contributed by atoms with van der Waals surface area (Å²) in [4.78, 5) is 4.30. The van der Waals surface area contributed by atoms with E-state index in [9.17, 15) is 0 Å². The fourth-order valence-electron chi connectivity index (χ4n) is 6.71. The van der Waals surface area contributed by atoms with Crippen molar-refractivity contribution in [1.82, 2.24) is 0 Å². The van der Waals surface area contributed by atoms with E-state index in [4.69, 9.17) is 8.22 Å². The summed E-state index contributed by atoms with van der Waals surface area (Å²) in [5.74, 6) is 0. The Hall–Kier alpha value is -6.64. The van der Waals surface area contributed by atoms with Gasteiger partial charge in [0.2, 0.25) is 0 Å². The third kappa shape index (κ3) is 5.85. The Morgan fingerprint density at radius 2 is 0.800 bits per heavy atom. The van der Waals surface area contributed by atoms with Gasteiger partial charge in [-0.1, -0.05) is 146 Å². The van der Waals surface area contributed by atoms with Gasteiger partial charge < -0.3 is 9.80 Å². The van der Waals surface area contributed by atoms with Crippen LogP contribution in [0.3, 0.4) is 0 Å². The third-order valence-electron chi connectivity index (χ3n) is 9.10. The van der Waals surface area contributed by atoms with Gasteiger partial charge >= 0.3 is 0 Å². The van der Waals surface area contributed by atoms with Crippen LogP contribution in [0.4, 0.5) is 34.1 Å². The fourth-order valence-corrected chi connectivity index (χ4v) is 6.71. The Morgan fingerprint density at radius 3 is 1.24 bits per heavy atom. The van der Waals surface area contributed by atoms with E-state index >= 15 is 0 Å². The molecular weight excluding hydrogens is 605 g/mol. The highest BCUT2D eigenvalue weighted by Gasteiger charge is 2.18. The Morgan fingerprint density at radius 1 is 0.400 bits per heavy atom. The lowest BCUT2D eigenvalue weighted by Crippen LogP contribution is -2.11. The molecule has 50 heavy (non-hydrogen) atoms. The van der Waals surface area contributed by atoms with E-state index in [1.54, 1.807) is 12.1 Å². The van der Waals surface area contributed by atoms with E-state index in [1.165, 1.54) is 0 Å². The van der Waals surface area contributed by atoms with E-state index in [0.717, 1.165) is 66.8 Å². The van der Waals surface area contributed by atoms with Crippen molar-refractivity contribution in [2.45, 2.75) is 0 Å². The van der Waals surface area contributed by atoms with Gasteiger partial charge in [-0.3, -0.25) is 0 Å². The molecular formula is C48H36N2. The van der Waals surface area contributed by atoms with E-state index in [0.29, 0.717) is 11.1 Å². The van der Waals surface area contributed by atoms with E-state index in [-0.39, 0.29) is 12.1 Å². The molecule has 8 aromatic rings. The predicted octanol–water partition coefficient (Wildman–Crippen LogP) is 13.9. The van der Waals surface area contributed by atoms with Crippen LogP contribution in [0.25, 0.3) is 44.8 Å². The smallest absolute Gasteiger partial charge is 0.0623 e. The van der Waals surface area contributed by atoms with Crippen molar-refractivity contribution in [3.63, 3.8) is 0 Å². The van der Waals surface area contributed by atoms with E-state index < -0.39 is 13.1 Å². The summed E-state index contributed by atoms with van der Waals surface area (Å²) in [5, 5.41) is 4.34. The van der Waals surface area contributed by atoms with Crippen molar-refractivity contribution >= 4 is 67.8 Å². The normalized spacial score (nSPS) is 12.5. The zero-order valence-electron chi connectivity index (χ0n) is 33.2. The number of rotatable bonds is 9. The first kappa shape index (κ1) is 24.5. The molecule has 0 unspecified atom stereocenters. The van der Waals surface area contributed by atoms with Gasteiger partial charge in [0.25, 0.3) is 0 Å². The molecule has 2 nitrogen and oxygen atoms in total. The monoisotopic (exact) mass is 646 g/mol. The van der Waals surface area contributed by atoms with Gasteiger partial charge in [0, 0.05) is 33.5 Å². The molecule has 0 saturated carbocycles. The molecule has 8 rings (SSSR count). The largest absolute Gasteiger partial charge is 0.310 e. The molecule has 0 spiro atoms. The van der Waals surface area contributed by atoms with E-state index in [1.807, 2.05) is 72.8 Å². The van der Waals surface area contributed by atoms with Crippen LogP contribution in [0.1, 0.15) is 19.4 Å². The van der Waals surface area contributed by atoms with Gasteiger partial charge in [-0.05, 0) is 93.7 Å². The maximum absolute atomic E-state index is 8.35. The number of hydrogen-bond donors (Lipinski definition) is 0. The lowest BCUT2D eigenvalue weighted by Gasteiger charge is -2.28. The number of nitrogens with zero attached hydrogens (tertiary/aromatic N) is 2. The maximum Gasteiger partial charge on any atom is 0.0623 e. The zero-order valence-corrected chi connectivity index (χ0v) is 27.2. The van der Waals surface area contributed by atoms with Crippen molar-refractivity contribution in [3.8, 4) is 11.1 Å². The quantitative estimate of drug-likeness (QED) is 0.154. The van der Waals surface area contributed by atoms with Crippen LogP contribution in [0.5, 0.6) is 0 Å². The maximum atomic E-state index is 8.35. The van der Waals surface area contributed by atoms with E-state index in [2.05, 4.69) is 107 Å². The fraction of sp³-hybridized carbons (Fsp3) is 0. The molecule has 0 radical (unpaired) electrons. The minimum Gasteiger partial charge on any atom is -0.310 e. The summed E-state index contributed by atoms with van der Waals surface area (Å²) < 4.78 is 47.7. The van der Waals surface area contributed by atoms with Crippen molar-refractivity contribution in [2.75, 3.05) is 9.80 Å². The molecule has 0 heterocycles. The first-order valence-corrected chi connectivity index (χ1v) is 16.5. The lowest BCUT2D eigenvalue weighted by atomic mass is 10.0. The van der Waals surface area contributed by atoms with Crippen LogP contribution in [0, 0.1) is 0 Å². The van der Waals surface area contributed by atoms with Crippen LogP contribution in [0.2, 0.25) is 0 Å². The summed E-state index contributed by atoms with van der Waals surface area (Å²) in [5.41, 5.74) is 8.46. The van der Waals surface area contributed by atoms with Crippen LogP contribution in [0.15, 0.2) is 195 Å². The minimum absolute atomic E-state index is 0.136. The van der Waals surface area contributed by atoms with Crippen molar-refractivity contribution < 1.29 is 8.22 Å². The number of hydrogen-bond acceptors (Lipinski definition) is 2. The standard InChI is InChI=1S/C48H36N2/c1-3-35-13-9-19-43(33-35)49(47-23-11-17-39-15-5-7-21-45(39)47)41-29-25-37(26-30-41)38-27-31-42(32-28-38)50(44-20-10-14-36(4-2)34-44)48-24-12-18-40-16-6-8-22-46(40)48/h3-34H,1-2H2/i1D2,2D2,3D,4D. The Bertz CT molecular complexity index is 2570. The highest BCUT2D eigenvalue weighted by Crippen LogP contribution is 2.42. The average Bonchev–Trinajstić information content (AvgIpc) is 3.24. The van der Waals surface area contributed by atoms with Crippen molar-refractivity contribution in [3.05, 3.63) is 206 Å². The van der Waals surface area contributed by atoms with Gasteiger partial charge in [-0.2, -0.15) is 0 Å². The Balaban J connectivity index is 1.19. The first-order chi connectivity index (χ1) is 27.3. The molecule has 8 aromatic carbocycles. The van der Waals surface area contributed by atoms with Crippen LogP contribution >= 0.6 is 0 Å². The summed E-state index contributed by atoms with van der Waals surface area (Å²) in [6, 6.07) is 60.3. The third-order valence-corrected chi connectivity index (χ3v) is 9.10. The molecule has 0 aliphatic carbocycles.